The first-order chi connectivity index (χ1) is 9.78. The molecule has 2 unspecified atom stereocenters. The fraction of sp³-hybridized carbons (Fsp3) is 0.875. The Labute approximate surface area is 121 Å². The summed E-state index contributed by atoms with van der Waals surface area (Å²) in [6.07, 6.45) is 11.1. The Morgan fingerprint density at radius 1 is 1.35 bits per heavy atom. The van der Waals surface area contributed by atoms with Crippen molar-refractivity contribution in [3.05, 3.63) is 12.2 Å². The van der Waals surface area contributed by atoms with E-state index in [-0.39, 0.29) is 0 Å². The van der Waals surface area contributed by atoms with Gasteiger partial charge in [0.25, 0.3) is 0 Å². The standard InChI is InChI=1S/C16H26N4/c1-2-5-20-15(18-11-19-20)9-16(10-17-14-3-4-14)7-12-6-13(12)8-16/h11-14,17H,2-10H2,1H3. The highest BCUT2D eigenvalue weighted by atomic mass is 15.3. The molecule has 0 spiro atoms. The third-order valence-electron chi connectivity index (χ3n) is 5.47. The molecule has 1 heterocycles. The van der Waals surface area contributed by atoms with Crippen LogP contribution >= 0.6 is 0 Å². The third-order valence-corrected chi connectivity index (χ3v) is 5.47. The lowest BCUT2D eigenvalue weighted by molar-refractivity contribution is 0.238. The Morgan fingerprint density at radius 3 is 2.85 bits per heavy atom. The van der Waals surface area contributed by atoms with Crippen LogP contribution in [0.2, 0.25) is 0 Å². The average molecular weight is 274 g/mol. The van der Waals surface area contributed by atoms with Gasteiger partial charge in [0, 0.05) is 25.6 Å². The summed E-state index contributed by atoms with van der Waals surface area (Å²) in [4.78, 5) is 4.55. The van der Waals surface area contributed by atoms with Gasteiger partial charge in [-0.2, -0.15) is 5.10 Å². The average Bonchev–Trinajstić information content (AvgIpc) is 3.33. The van der Waals surface area contributed by atoms with Crippen molar-refractivity contribution in [1.29, 1.82) is 0 Å². The predicted octanol–water partition coefficient (Wildman–Crippen LogP) is 2.40. The minimum absolute atomic E-state index is 0.467. The number of rotatable bonds is 7. The Morgan fingerprint density at radius 2 is 2.15 bits per heavy atom. The lowest BCUT2D eigenvalue weighted by Crippen LogP contribution is -2.37. The Bertz CT molecular complexity index is 467. The number of fused-ring (bicyclic) bond motifs is 1. The molecule has 1 N–H and O–H groups in total. The van der Waals surface area contributed by atoms with E-state index in [4.69, 9.17) is 0 Å². The molecule has 0 aliphatic heterocycles. The fourth-order valence-electron chi connectivity index (χ4n) is 4.16. The molecule has 3 saturated carbocycles. The maximum absolute atomic E-state index is 4.55. The smallest absolute Gasteiger partial charge is 0.138 e. The minimum atomic E-state index is 0.467. The molecule has 0 aromatic carbocycles. The van der Waals surface area contributed by atoms with Crippen molar-refractivity contribution >= 4 is 0 Å². The van der Waals surface area contributed by atoms with Gasteiger partial charge in [0.1, 0.15) is 12.2 Å². The maximum atomic E-state index is 4.55. The quantitative estimate of drug-likeness (QED) is 0.830. The van der Waals surface area contributed by atoms with Gasteiger partial charge in [0.15, 0.2) is 0 Å². The van der Waals surface area contributed by atoms with Gasteiger partial charge in [-0.15, -0.1) is 0 Å². The van der Waals surface area contributed by atoms with Crippen molar-refractivity contribution in [2.75, 3.05) is 6.54 Å². The number of nitrogens with zero attached hydrogens (tertiary/aromatic N) is 3. The van der Waals surface area contributed by atoms with Crippen LogP contribution in [-0.4, -0.2) is 27.4 Å². The Hall–Kier alpha value is -0.900. The van der Waals surface area contributed by atoms with E-state index in [1.807, 2.05) is 0 Å². The highest BCUT2D eigenvalue weighted by Crippen LogP contribution is 2.60. The summed E-state index contributed by atoms with van der Waals surface area (Å²) in [7, 11) is 0. The van der Waals surface area contributed by atoms with Crippen molar-refractivity contribution in [2.24, 2.45) is 17.3 Å². The molecule has 0 amide bonds. The second kappa shape index (κ2) is 4.83. The number of nitrogens with one attached hydrogen (secondary N) is 1. The molecule has 110 valence electrons. The molecule has 1 aromatic heterocycles. The molecule has 0 saturated heterocycles. The van der Waals surface area contributed by atoms with Crippen LogP contribution in [0.4, 0.5) is 0 Å². The zero-order chi connectivity index (χ0) is 13.6. The number of aromatic nitrogens is 3. The first-order valence-electron chi connectivity index (χ1n) is 8.38. The van der Waals surface area contributed by atoms with Crippen LogP contribution < -0.4 is 5.32 Å². The van der Waals surface area contributed by atoms with Crippen LogP contribution in [0, 0.1) is 17.3 Å². The van der Waals surface area contributed by atoms with Crippen LogP contribution in [0.1, 0.15) is 51.3 Å². The molecule has 4 heteroatoms. The van der Waals surface area contributed by atoms with E-state index in [0.29, 0.717) is 5.41 Å². The molecule has 4 nitrogen and oxygen atoms in total. The van der Waals surface area contributed by atoms with Gasteiger partial charge in [-0.3, -0.25) is 4.68 Å². The number of hydrogen-bond acceptors (Lipinski definition) is 3. The first kappa shape index (κ1) is 12.8. The molecular weight excluding hydrogens is 248 g/mol. The maximum Gasteiger partial charge on any atom is 0.138 e. The summed E-state index contributed by atoms with van der Waals surface area (Å²) >= 11 is 0. The lowest BCUT2D eigenvalue weighted by atomic mass is 9.79. The van der Waals surface area contributed by atoms with E-state index in [1.54, 1.807) is 6.33 Å². The van der Waals surface area contributed by atoms with Crippen molar-refractivity contribution in [3.63, 3.8) is 0 Å². The van der Waals surface area contributed by atoms with E-state index in [1.165, 1.54) is 44.5 Å². The summed E-state index contributed by atoms with van der Waals surface area (Å²) < 4.78 is 2.13. The monoisotopic (exact) mass is 274 g/mol. The molecular formula is C16H26N4. The highest BCUT2D eigenvalue weighted by molar-refractivity contribution is 5.08. The molecule has 3 fully saturated rings. The number of hydrogen-bond donors (Lipinski definition) is 1. The second-order valence-corrected chi connectivity index (χ2v) is 7.40. The summed E-state index contributed by atoms with van der Waals surface area (Å²) in [5.41, 5.74) is 0.467. The van der Waals surface area contributed by atoms with Gasteiger partial charge < -0.3 is 5.32 Å². The number of aryl methyl sites for hydroxylation is 1. The van der Waals surface area contributed by atoms with E-state index >= 15 is 0 Å². The van der Waals surface area contributed by atoms with Crippen molar-refractivity contribution in [3.8, 4) is 0 Å². The molecule has 3 aliphatic carbocycles. The molecule has 20 heavy (non-hydrogen) atoms. The Balaban J connectivity index is 1.47. The van der Waals surface area contributed by atoms with E-state index < -0.39 is 0 Å². The minimum Gasteiger partial charge on any atom is -0.313 e. The van der Waals surface area contributed by atoms with Crippen molar-refractivity contribution < 1.29 is 0 Å². The molecule has 2 atom stereocenters. The highest BCUT2D eigenvalue weighted by Gasteiger charge is 2.54. The van der Waals surface area contributed by atoms with Gasteiger partial charge in [0.2, 0.25) is 0 Å². The molecule has 0 radical (unpaired) electrons. The SMILES string of the molecule is CCCn1ncnc1CC1(CNC2CC2)CC2CC2C1. The summed E-state index contributed by atoms with van der Waals surface area (Å²) in [5, 5.41) is 8.19. The zero-order valence-corrected chi connectivity index (χ0v) is 12.5. The first-order valence-corrected chi connectivity index (χ1v) is 8.38. The molecule has 3 aliphatic rings. The van der Waals surface area contributed by atoms with Crippen LogP contribution in [0.3, 0.4) is 0 Å². The normalized spacial score (nSPS) is 35.2. The van der Waals surface area contributed by atoms with E-state index in [2.05, 4.69) is 27.0 Å². The van der Waals surface area contributed by atoms with E-state index in [9.17, 15) is 0 Å². The molecule has 0 bridgehead atoms. The Kier molecular flexibility index (Phi) is 3.09. The van der Waals surface area contributed by atoms with Crippen molar-refractivity contribution in [2.45, 2.75) is 64.5 Å². The summed E-state index contributed by atoms with van der Waals surface area (Å²) in [5.74, 6) is 3.27. The van der Waals surface area contributed by atoms with Gasteiger partial charge in [0.05, 0.1) is 0 Å². The topological polar surface area (TPSA) is 42.7 Å². The van der Waals surface area contributed by atoms with E-state index in [0.717, 1.165) is 37.3 Å². The summed E-state index contributed by atoms with van der Waals surface area (Å²) in [6.45, 7) is 4.42. The van der Waals surface area contributed by atoms with Crippen LogP contribution in [-0.2, 0) is 13.0 Å². The predicted molar refractivity (Wildman–Crippen MR) is 78.3 cm³/mol. The van der Waals surface area contributed by atoms with Crippen LogP contribution in [0.15, 0.2) is 6.33 Å². The van der Waals surface area contributed by atoms with Gasteiger partial charge in [-0.05, 0) is 55.8 Å². The fourth-order valence-corrected chi connectivity index (χ4v) is 4.16. The van der Waals surface area contributed by atoms with Crippen LogP contribution in [0.5, 0.6) is 0 Å². The molecule has 1 aromatic rings. The zero-order valence-electron chi connectivity index (χ0n) is 12.5. The van der Waals surface area contributed by atoms with Gasteiger partial charge in [-0.1, -0.05) is 6.92 Å². The van der Waals surface area contributed by atoms with Crippen LogP contribution in [0.25, 0.3) is 0 Å². The largest absolute Gasteiger partial charge is 0.313 e. The lowest BCUT2D eigenvalue weighted by Gasteiger charge is -2.31. The van der Waals surface area contributed by atoms with Crippen molar-refractivity contribution in [1.82, 2.24) is 20.1 Å². The third kappa shape index (κ3) is 2.50. The van der Waals surface area contributed by atoms with Gasteiger partial charge >= 0.3 is 0 Å². The summed E-state index contributed by atoms with van der Waals surface area (Å²) in [6, 6.07) is 0.817. The van der Waals surface area contributed by atoms with Gasteiger partial charge in [-0.25, -0.2) is 4.98 Å². The second-order valence-electron chi connectivity index (χ2n) is 7.40. The molecule has 4 rings (SSSR count).